The van der Waals surface area contributed by atoms with Gasteiger partial charge in [-0.3, -0.25) is 47.1 Å². The van der Waals surface area contributed by atoms with Gasteiger partial charge < -0.3 is 0 Å². The van der Waals surface area contributed by atoms with Crippen molar-refractivity contribution in [3.05, 3.63) is 0 Å². The van der Waals surface area contributed by atoms with E-state index in [1.165, 1.54) is 77.0 Å². The fourth-order valence-electron chi connectivity index (χ4n) is 12.3. The van der Waals surface area contributed by atoms with E-state index >= 15 is 0 Å². The SMILES string of the molecule is O=S(=O)(O)C1CCCC2C3NC4NC(NC5NC(NC6NC(NC(N3)C21)C1CCCCC61)C1CCCCC51)C1CCCCC41.[Co]. The molecule has 0 aromatic carbocycles. The summed E-state index contributed by atoms with van der Waals surface area (Å²) in [6, 6.07) is 0. The molecule has 0 aromatic rings. The van der Waals surface area contributed by atoms with Crippen LogP contribution in [0.5, 0.6) is 0 Å². The molecule has 8 bridgehead atoms. The quantitative estimate of drug-likeness (QED) is 0.184. The van der Waals surface area contributed by atoms with Crippen molar-refractivity contribution in [3.8, 4) is 0 Å². The Labute approximate surface area is 279 Å². The van der Waals surface area contributed by atoms with E-state index in [0.717, 1.165) is 12.8 Å². The normalized spacial score (nSPS) is 54.3. The minimum atomic E-state index is -4.16. The predicted octanol–water partition coefficient (Wildman–Crippen LogP) is 1.47. The van der Waals surface area contributed by atoms with Crippen LogP contribution < -0.4 is 42.5 Å². The van der Waals surface area contributed by atoms with E-state index < -0.39 is 15.4 Å². The van der Waals surface area contributed by atoms with Crippen molar-refractivity contribution in [1.29, 1.82) is 0 Å². The molecule has 9 aliphatic rings. The molecule has 11 nitrogen and oxygen atoms in total. The maximum atomic E-state index is 12.8. The first-order valence-corrected chi connectivity index (χ1v) is 20.0. The first kappa shape index (κ1) is 32.3. The third-order valence-corrected chi connectivity index (χ3v) is 15.5. The van der Waals surface area contributed by atoms with Crippen LogP contribution in [0.3, 0.4) is 0 Å². The van der Waals surface area contributed by atoms with Crippen molar-refractivity contribution in [3.63, 3.8) is 0 Å². The van der Waals surface area contributed by atoms with Gasteiger partial charge in [0.1, 0.15) is 0 Å². The van der Waals surface area contributed by atoms with Gasteiger partial charge in [0.25, 0.3) is 10.1 Å². The average Bonchev–Trinajstić information content (AvgIpc) is 3.76. The number of hydrogen-bond donors (Lipinski definition) is 9. The molecule has 17 atom stereocenters. The van der Waals surface area contributed by atoms with Crippen LogP contribution in [0.15, 0.2) is 0 Å². The first-order valence-electron chi connectivity index (χ1n) is 18.5. The molecule has 1 radical (unpaired) electrons. The summed E-state index contributed by atoms with van der Waals surface area (Å²) >= 11 is 0. The number of fused-ring (bicyclic) bond motifs is 20. The molecule has 4 aliphatic carbocycles. The molecule has 5 saturated heterocycles. The summed E-state index contributed by atoms with van der Waals surface area (Å²) in [5.74, 6) is 3.50. The molecule has 9 fully saturated rings. The Bertz CT molecular complexity index is 1180. The van der Waals surface area contributed by atoms with Crippen LogP contribution in [-0.2, 0) is 26.9 Å². The Morgan fingerprint density at radius 1 is 0.378 bits per heavy atom. The summed E-state index contributed by atoms with van der Waals surface area (Å²) < 4.78 is 36.1. The fourth-order valence-corrected chi connectivity index (χ4v) is 13.6. The van der Waals surface area contributed by atoms with Gasteiger partial charge in [0.2, 0.25) is 0 Å². The molecular formula is C32H56CoN8O3S. The van der Waals surface area contributed by atoms with Gasteiger partial charge in [0, 0.05) is 22.7 Å². The minimum Gasteiger partial charge on any atom is -0.286 e. The summed E-state index contributed by atoms with van der Waals surface area (Å²) in [7, 11) is -4.16. The molecule has 0 spiro atoms. The van der Waals surface area contributed by atoms with E-state index in [9.17, 15) is 13.0 Å². The summed E-state index contributed by atoms with van der Waals surface area (Å²) in [5, 5.41) is 31.8. The number of rotatable bonds is 1. The van der Waals surface area contributed by atoms with Gasteiger partial charge in [0.05, 0.1) is 54.6 Å². The molecule has 13 heteroatoms. The van der Waals surface area contributed by atoms with Crippen LogP contribution in [0.4, 0.5) is 0 Å². The summed E-state index contributed by atoms with van der Waals surface area (Å²) in [6.07, 6.45) is 18.9. The van der Waals surface area contributed by atoms with Crippen molar-refractivity contribution >= 4 is 10.1 Å². The topological polar surface area (TPSA) is 151 Å². The summed E-state index contributed by atoms with van der Waals surface area (Å²) in [5.41, 5.74) is 0. The van der Waals surface area contributed by atoms with E-state index in [2.05, 4.69) is 42.5 Å². The van der Waals surface area contributed by atoms with Crippen LogP contribution in [0, 0.1) is 47.3 Å². The molecule has 17 unspecified atom stereocenters. The largest absolute Gasteiger partial charge is 0.286 e. The van der Waals surface area contributed by atoms with Gasteiger partial charge in [-0.2, -0.15) is 8.42 Å². The fraction of sp³-hybridized carbons (Fsp3) is 1.00. The monoisotopic (exact) mass is 691 g/mol. The van der Waals surface area contributed by atoms with Crippen LogP contribution in [0.25, 0.3) is 0 Å². The van der Waals surface area contributed by atoms with Crippen molar-refractivity contribution in [2.24, 2.45) is 47.3 Å². The minimum absolute atomic E-state index is 0. The van der Waals surface area contributed by atoms with E-state index in [-0.39, 0.29) is 65.6 Å². The smallest absolute Gasteiger partial charge is 0.268 e. The third kappa shape index (κ3) is 5.70. The van der Waals surface area contributed by atoms with Gasteiger partial charge in [-0.1, -0.05) is 44.9 Å². The zero-order valence-electron chi connectivity index (χ0n) is 26.4. The van der Waals surface area contributed by atoms with Gasteiger partial charge >= 0.3 is 0 Å². The Morgan fingerprint density at radius 2 is 0.644 bits per heavy atom. The van der Waals surface area contributed by atoms with Crippen molar-refractivity contribution in [1.82, 2.24) is 42.5 Å². The number of hydrogen-bond acceptors (Lipinski definition) is 10. The van der Waals surface area contributed by atoms with E-state index in [4.69, 9.17) is 0 Å². The van der Waals surface area contributed by atoms with Crippen LogP contribution in [0.1, 0.15) is 96.3 Å². The van der Waals surface area contributed by atoms with Gasteiger partial charge in [-0.25, -0.2) is 0 Å². The summed E-state index contributed by atoms with van der Waals surface area (Å²) in [4.78, 5) is 0. The molecule has 5 aliphatic heterocycles. The van der Waals surface area contributed by atoms with Gasteiger partial charge in [-0.15, -0.1) is 0 Å². The zero-order valence-corrected chi connectivity index (χ0v) is 28.3. The Kier molecular flexibility index (Phi) is 9.17. The van der Waals surface area contributed by atoms with E-state index in [1.54, 1.807) is 0 Å². The standard InChI is InChI=1S/C32H56N8O3S.Co/c41-44(42,43)23-15-7-14-22-24(23)32-39-30-21-13-6-5-12-20(21)28(37-30)35-26-17-9-2-1-8-16(17)25(33-26)34-27-18-10-3-4-11-19(18)29(36-27)38-31(22)40-32;/h16-40H,1-15H2,(H,41,42,43);. The van der Waals surface area contributed by atoms with Crippen molar-refractivity contribution in [2.75, 3.05) is 0 Å². The number of nitrogens with one attached hydrogen (secondary N) is 8. The van der Waals surface area contributed by atoms with Gasteiger partial charge in [0.15, 0.2) is 0 Å². The van der Waals surface area contributed by atoms with Crippen LogP contribution in [-0.4, -0.2) is 67.5 Å². The average molecular weight is 692 g/mol. The molecule has 5 heterocycles. The maximum Gasteiger partial charge on any atom is 0.268 e. The van der Waals surface area contributed by atoms with E-state index in [0.29, 0.717) is 54.3 Å². The Balaban J connectivity index is 0.00000300. The molecular weight excluding hydrogens is 635 g/mol. The van der Waals surface area contributed by atoms with Crippen molar-refractivity contribution < 1.29 is 29.7 Å². The predicted molar refractivity (Wildman–Crippen MR) is 168 cm³/mol. The molecule has 0 aromatic heterocycles. The zero-order chi connectivity index (χ0) is 29.6. The Morgan fingerprint density at radius 3 is 0.956 bits per heavy atom. The molecule has 257 valence electrons. The van der Waals surface area contributed by atoms with Gasteiger partial charge in [-0.05, 0) is 92.8 Å². The molecule has 9 N–H and O–H groups in total. The van der Waals surface area contributed by atoms with Crippen molar-refractivity contribution in [2.45, 2.75) is 151 Å². The molecule has 9 rings (SSSR count). The third-order valence-electron chi connectivity index (χ3n) is 14.2. The molecule has 0 amide bonds. The maximum absolute atomic E-state index is 12.8. The van der Waals surface area contributed by atoms with E-state index in [1.807, 2.05) is 0 Å². The molecule has 4 saturated carbocycles. The van der Waals surface area contributed by atoms with Crippen LogP contribution >= 0.6 is 0 Å². The Hall–Kier alpha value is 0.0965. The molecule has 45 heavy (non-hydrogen) atoms. The summed E-state index contributed by atoms with van der Waals surface area (Å²) in [6.45, 7) is 0. The second kappa shape index (κ2) is 12.8. The second-order valence-corrected chi connectivity index (χ2v) is 17.9. The first-order chi connectivity index (χ1) is 21.4. The second-order valence-electron chi connectivity index (χ2n) is 16.2. The van der Waals surface area contributed by atoms with Crippen LogP contribution in [0.2, 0.25) is 0 Å².